The topological polar surface area (TPSA) is 29.9 Å². The average molecular weight is 237 g/mol. The van der Waals surface area contributed by atoms with E-state index in [-0.39, 0.29) is 0 Å². The molecule has 98 valence electrons. The Bertz CT molecular complexity index is 337. The zero-order chi connectivity index (χ0) is 12.8. The van der Waals surface area contributed by atoms with E-state index in [9.17, 15) is 0 Å². The summed E-state index contributed by atoms with van der Waals surface area (Å²) in [7, 11) is 2.01. The zero-order valence-electron chi connectivity index (χ0n) is 12.0. The Labute approximate surface area is 106 Å². The molecule has 0 unspecified atom stereocenters. The number of rotatable bonds is 7. The first-order chi connectivity index (χ1) is 8.23. The molecule has 0 atom stereocenters. The summed E-state index contributed by atoms with van der Waals surface area (Å²) < 4.78 is 2.28. The standard InChI is InChI=1S/C14H27N3/c1-6-11(7-2)17-14(9-4)12(10-15-5)13(8-3)16-17/h11,15H,6-10H2,1-5H3. The summed E-state index contributed by atoms with van der Waals surface area (Å²) in [6, 6.07) is 0.556. The summed E-state index contributed by atoms with van der Waals surface area (Å²) in [5.41, 5.74) is 4.11. The maximum atomic E-state index is 4.84. The van der Waals surface area contributed by atoms with Gasteiger partial charge in [0.05, 0.1) is 11.7 Å². The number of aromatic nitrogens is 2. The van der Waals surface area contributed by atoms with Crippen LogP contribution in [0.2, 0.25) is 0 Å². The van der Waals surface area contributed by atoms with E-state index < -0.39 is 0 Å². The number of hydrogen-bond acceptors (Lipinski definition) is 2. The largest absolute Gasteiger partial charge is 0.316 e. The van der Waals surface area contributed by atoms with Gasteiger partial charge < -0.3 is 5.32 Å². The van der Waals surface area contributed by atoms with E-state index in [1.54, 1.807) is 0 Å². The minimum atomic E-state index is 0.556. The highest BCUT2D eigenvalue weighted by Crippen LogP contribution is 2.23. The first-order valence-corrected chi connectivity index (χ1v) is 6.96. The molecule has 0 bridgehead atoms. The van der Waals surface area contributed by atoms with Crippen LogP contribution in [0.5, 0.6) is 0 Å². The van der Waals surface area contributed by atoms with E-state index in [1.807, 2.05) is 7.05 Å². The number of nitrogens with zero attached hydrogens (tertiary/aromatic N) is 2. The summed E-state index contributed by atoms with van der Waals surface area (Å²) in [4.78, 5) is 0. The SMILES string of the molecule is CCc1nn(C(CC)CC)c(CC)c1CNC. The van der Waals surface area contributed by atoms with Crippen molar-refractivity contribution in [3.05, 3.63) is 17.0 Å². The monoisotopic (exact) mass is 237 g/mol. The van der Waals surface area contributed by atoms with Gasteiger partial charge in [0.1, 0.15) is 0 Å². The lowest BCUT2D eigenvalue weighted by molar-refractivity contribution is 0.412. The molecule has 1 heterocycles. The fraction of sp³-hybridized carbons (Fsp3) is 0.786. The first-order valence-electron chi connectivity index (χ1n) is 6.96. The zero-order valence-corrected chi connectivity index (χ0v) is 12.0. The molecule has 0 aliphatic heterocycles. The molecule has 0 saturated carbocycles. The molecule has 0 radical (unpaired) electrons. The molecule has 0 aromatic carbocycles. The Hall–Kier alpha value is -0.830. The van der Waals surface area contributed by atoms with E-state index in [4.69, 9.17) is 5.10 Å². The van der Waals surface area contributed by atoms with Crippen molar-refractivity contribution in [3.63, 3.8) is 0 Å². The minimum Gasteiger partial charge on any atom is -0.316 e. The minimum absolute atomic E-state index is 0.556. The highest BCUT2D eigenvalue weighted by atomic mass is 15.3. The van der Waals surface area contributed by atoms with Crippen molar-refractivity contribution >= 4 is 0 Å². The van der Waals surface area contributed by atoms with Gasteiger partial charge in [0.2, 0.25) is 0 Å². The van der Waals surface area contributed by atoms with Gasteiger partial charge in [-0.05, 0) is 32.7 Å². The molecule has 1 rings (SSSR count). The Balaban J connectivity index is 3.20. The van der Waals surface area contributed by atoms with Crippen LogP contribution in [0.4, 0.5) is 0 Å². The normalized spacial score (nSPS) is 11.4. The highest BCUT2D eigenvalue weighted by molar-refractivity contribution is 5.27. The van der Waals surface area contributed by atoms with Gasteiger partial charge in [0.15, 0.2) is 0 Å². The summed E-state index contributed by atoms with van der Waals surface area (Å²) >= 11 is 0. The summed E-state index contributed by atoms with van der Waals surface area (Å²) in [5.74, 6) is 0. The lowest BCUT2D eigenvalue weighted by atomic mass is 10.1. The molecule has 3 heteroatoms. The van der Waals surface area contributed by atoms with Crippen LogP contribution < -0.4 is 5.32 Å². The van der Waals surface area contributed by atoms with Crippen molar-refractivity contribution in [1.29, 1.82) is 0 Å². The van der Waals surface area contributed by atoms with E-state index in [0.29, 0.717) is 6.04 Å². The van der Waals surface area contributed by atoms with Crippen molar-refractivity contribution in [2.45, 2.75) is 66.0 Å². The third-order valence-corrected chi connectivity index (χ3v) is 3.51. The predicted molar refractivity (Wildman–Crippen MR) is 73.4 cm³/mol. The Morgan fingerprint density at radius 2 is 1.76 bits per heavy atom. The molecule has 1 N–H and O–H groups in total. The summed E-state index contributed by atoms with van der Waals surface area (Å²) in [5, 5.41) is 8.11. The molecule has 1 aromatic rings. The maximum Gasteiger partial charge on any atom is 0.0669 e. The van der Waals surface area contributed by atoms with Crippen molar-refractivity contribution in [2.75, 3.05) is 7.05 Å². The van der Waals surface area contributed by atoms with Gasteiger partial charge in [-0.3, -0.25) is 4.68 Å². The average Bonchev–Trinajstić information content (AvgIpc) is 2.69. The van der Waals surface area contributed by atoms with Crippen LogP contribution in [0.15, 0.2) is 0 Å². The maximum absolute atomic E-state index is 4.84. The second-order valence-corrected chi connectivity index (χ2v) is 4.52. The van der Waals surface area contributed by atoms with E-state index in [1.165, 1.54) is 17.0 Å². The molecular formula is C14H27N3. The van der Waals surface area contributed by atoms with Crippen LogP contribution in [-0.2, 0) is 19.4 Å². The molecule has 0 amide bonds. The molecule has 17 heavy (non-hydrogen) atoms. The van der Waals surface area contributed by atoms with Crippen molar-refractivity contribution < 1.29 is 0 Å². The van der Waals surface area contributed by atoms with Crippen LogP contribution in [-0.4, -0.2) is 16.8 Å². The van der Waals surface area contributed by atoms with Crippen molar-refractivity contribution in [3.8, 4) is 0 Å². The molecule has 0 saturated heterocycles. The lowest BCUT2D eigenvalue weighted by Crippen LogP contribution is -2.13. The van der Waals surface area contributed by atoms with Crippen LogP contribution in [0.1, 0.15) is 63.5 Å². The highest BCUT2D eigenvalue weighted by Gasteiger charge is 2.18. The van der Waals surface area contributed by atoms with Gasteiger partial charge in [-0.1, -0.05) is 27.7 Å². The summed E-state index contributed by atoms with van der Waals surface area (Å²) in [6.45, 7) is 9.86. The van der Waals surface area contributed by atoms with Gasteiger partial charge in [0.25, 0.3) is 0 Å². The number of hydrogen-bond donors (Lipinski definition) is 1. The Morgan fingerprint density at radius 1 is 1.12 bits per heavy atom. The van der Waals surface area contributed by atoms with E-state index >= 15 is 0 Å². The van der Waals surface area contributed by atoms with Crippen molar-refractivity contribution in [2.24, 2.45) is 0 Å². The third-order valence-electron chi connectivity index (χ3n) is 3.51. The molecule has 0 fully saturated rings. The predicted octanol–water partition coefficient (Wildman–Crippen LogP) is 3.09. The second kappa shape index (κ2) is 6.80. The van der Waals surface area contributed by atoms with Gasteiger partial charge in [-0.25, -0.2) is 0 Å². The first kappa shape index (κ1) is 14.2. The second-order valence-electron chi connectivity index (χ2n) is 4.52. The fourth-order valence-electron chi connectivity index (χ4n) is 2.53. The number of nitrogens with one attached hydrogen (secondary N) is 1. The van der Waals surface area contributed by atoms with Crippen LogP contribution in [0.25, 0.3) is 0 Å². The molecular weight excluding hydrogens is 210 g/mol. The van der Waals surface area contributed by atoms with Crippen molar-refractivity contribution in [1.82, 2.24) is 15.1 Å². The molecule has 1 aromatic heterocycles. The Kier molecular flexibility index (Phi) is 5.69. The Morgan fingerprint density at radius 3 is 2.18 bits per heavy atom. The van der Waals surface area contributed by atoms with Crippen LogP contribution in [0.3, 0.4) is 0 Å². The van der Waals surface area contributed by atoms with Crippen LogP contribution >= 0.6 is 0 Å². The molecule has 3 nitrogen and oxygen atoms in total. The fourth-order valence-corrected chi connectivity index (χ4v) is 2.53. The number of aryl methyl sites for hydroxylation is 1. The van der Waals surface area contributed by atoms with E-state index in [2.05, 4.69) is 37.7 Å². The van der Waals surface area contributed by atoms with Gasteiger partial charge in [-0.15, -0.1) is 0 Å². The van der Waals surface area contributed by atoms with Crippen LogP contribution in [0, 0.1) is 0 Å². The quantitative estimate of drug-likeness (QED) is 0.790. The third kappa shape index (κ3) is 2.89. The van der Waals surface area contributed by atoms with Gasteiger partial charge >= 0.3 is 0 Å². The summed E-state index contributed by atoms with van der Waals surface area (Å²) in [6.07, 6.45) is 4.42. The smallest absolute Gasteiger partial charge is 0.0669 e. The van der Waals surface area contributed by atoms with E-state index in [0.717, 1.165) is 32.2 Å². The molecule has 0 aliphatic rings. The lowest BCUT2D eigenvalue weighted by Gasteiger charge is -2.16. The molecule has 0 spiro atoms. The van der Waals surface area contributed by atoms with Gasteiger partial charge in [0, 0.05) is 17.8 Å². The van der Waals surface area contributed by atoms with Gasteiger partial charge in [-0.2, -0.15) is 5.10 Å². The molecule has 0 aliphatic carbocycles.